The Morgan fingerprint density at radius 3 is 2.62 bits per heavy atom. The Morgan fingerprint density at radius 2 is 2.06 bits per heavy atom. The van der Waals surface area contributed by atoms with Crippen LogP contribution in [0.3, 0.4) is 0 Å². The van der Waals surface area contributed by atoms with Gasteiger partial charge in [0.2, 0.25) is 0 Å². The third kappa shape index (κ3) is 2.53. The van der Waals surface area contributed by atoms with Crippen molar-refractivity contribution in [3.05, 3.63) is 0 Å². The van der Waals surface area contributed by atoms with Crippen molar-refractivity contribution in [2.45, 2.75) is 31.7 Å². The van der Waals surface area contributed by atoms with Crippen molar-refractivity contribution in [3.63, 3.8) is 0 Å². The zero-order valence-electron chi connectivity index (χ0n) is 9.60. The van der Waals surface area contributed by atoms with E-state index in [4.69, 9.17) is 11.6 Å². The van der Waals surface area contributed by atoms with Crippen molar-refractivity contribution in [2.75, 3.05) is 26.0 Å². The number of nitrogens with zero attached hydrogens (tertiary/aromatic N) is 2. The van der Waals surface area contributed by atoms with Crippen molar-refractivity contribution in [1.29, 1.82) is 0 Å². The van der Waals surface area contributed by atoms with Gasteiger partial charge in [0.15, 0.2) is 0 Å². The Labute approximate surface area is 103 Å². The number of hydrogen-bond donors (Lipinski definition) is 0. The molecule has 1 aliphatic heterocycles. The molecule has 0 radical (unpaired) electrons. The lowest BCUT2D eigenvalue weighted by atomic mass is 10.0. The van der Waals surface area contributed by atoms with Crippen LogP contribution < -0.4 is 0 Å². The lowest BCUT2D eigenvalue weighted by Crippen LogP contribution is -2.47. The normalized spacial score (nSPS) is 28.6. The summed E-state index contributed by atoms with van der Waals surface area (Å²) >= 11 is 5.82. The van der Waals surface area contributed by atoms with Gasteiger partial charge in [-0.2, -0.15) is 17.0 Å². The van der Waals surface area contributed by atoms with E-state index < -0.39 is 10.2 Å². The highest BCUT2D eigenvalue weighted by Crippen LogP contribution is 2.30. The SMILES string of the molecule is CN(C1CC1)S(=O)(=O)N1CCCC(CCl)C1. The van der Waals surface area contributed by atoms with Crippen molar-refractivity contribution in [1.82, 2.24) is 8.61 Å². The van der Waals surface area contributed by atoms with Gasteiger partial charge in [0.05, 0.1) is 0 Å². The van der Waals surface area contributed by atoms with E-state index in [0.717, 1.165) is 25.7 Å². The average molecular weight is 267 g/mol. The lowest BCUT2D eigenvalue weighted by Gasteiger charge is -2.33. The summed E-state index contributed by atoms with van der Waals surface area (Å²) in [7, 11) is -1.54. The number of alkyl halides is 1. The molecule has 0 aromatic carbocycles. The van der Waals surface area contributed by atoms with Crippen LogP contribution >= 0.6 is 11.6 Å². The Bertz CT molecular complexity index is 343. The van der Waals surface area contributed by atoms with Crippen LogP contribution in [0.4, 0.5) is 0 Å². The minimum atomic E-state index is -3.23. The minimum Gasteiger partial charge on any atom is -0.195 e. The third-order valence-electron chi connectivity index (χ3n) is 3.45. The van der Waals surface area contributed by atoms with Gasteiger partial charge in [0, 0.05) is 32.1 Å². The third-order valence-corrected chi connectivity index (χ3v) is 5.90. The zero-order chi connectivity index (χ0) is 11.8. The van der Waals surface area contributed by atoms with Crippen LogP contribution in [-0.4, -0.2) is 49.1 Å². The second kappa shape index (κ2) is 4.80. The summed E-state index contributed by atoms with van der Waals surface area (Å²) in [5.41, 5.74) is 0. The first-order valence-corrected chi connectivity index (χ1v) is 7.78. The van der Waals surface area contributed by atoms with E-state index in [1.54, 1.807) is 11.4 Å². The molecule has 0 aromatic rings. The highest BCUT2D eigenvalue weighted by molar-refractivity contribution is 7.86. The van der Waals surface area contributed by atoms with E-state index in [-0.39, 0.29) is 6.04 Å². The summed E-state index contributed by atoms with van der Waals surface area (Å²) in [4.78, 5) is 0. The van der Waals surface area contributed by atoms with E-state index >= 15 is 0 Å². The van der Waals surface area contributed by atoms with E-state index in [0.29, 0.717) is 24.9 Å². The predicted octanol–water partition coefficient (Wildman–Crippen LogP) is 1.28. The molecule has 1 atom stereocenters. The quantitative estimate of drug-likeness (QED) is 0.719. The molecule has 0 N–H and O–H groups in total. The molecule has 1 aliphatic carbocycles. The van der Waals surface area contributed by atoms with Gasteiger partial charge in [-0.3, -0.25) is 0 Å². The summed E-state index contributed by atoms with van der Waals surface area (Å²) < 4.78 is 27.6. The molecule has 2 aliphatic rings. The largest absolute Gasteiger partial charge is 0.281 e. The van der Waals surface area contributed by atoms with Crippen LogP contribution in [0.1, 0.15) is 25.7 Å². The predicted molar refractivity (Wildman–Crippen MR) is 64.7 cm³/mol. The standard InChI is InChI=1S/C10H19ClN2O2S/c1-12(10-4-5-10)16(14,15)13-6-2-3-9(7-11)8-13/h9-10H,2-8H2,1H3. The second-order valence-corrected chi connectivity index (χ2v) is 7.07. The molecular formula is C10H19ClN2O2S. The van der Waals surface area contributed by atoms with Gasteiger partial charge >= 0.3 is 0 Å². The van der Waals surface area contributed by atoms with Gasteiger partial charge in [0.1, 0.15) is 0 Å². The maximum atomic E-state index is 12.2. The molecule has 1 saturated carbocycles. The highest BCUT2D eigenvalue weighted by atomic mass is 35.5. The number of rotatable bonds is 4. The molecule has 2 fully saturated rings. The minimum absolute atomic E-state index is 0.237. The Balaban J connectivity index is 2.04. The average Bonchev–Trinajstić information content (AvgIpc) is 3.12. The highest BCUT2D eigenvalue weighted by Gasteiger charge is 2.39. The molecule has 0 spiro atoms. The van der Waals surface area contributed by atoms with Crippen LogP contribution in [0.5, 0.6) is 0 Å². The molecule has 1 unspecified atom stereocenters. The molecular weight excluding hydrogens is 248 g/mol. The smallest absolute Gasteiger partial charge is 0.195 e. The zero-order valence-corrected chi connectivity index (χ0v) is 11.2. The summed E-state index contributed by atoms with van der Waals surface area (Å²) in [6.45, 7) is 1.23. The van der Waals surface area contributed by atoms with Gasteiger partial charge in [-0.25, -0.2) is 0 Å². The van der Waals surface area contributed by atoms with Gasteiger partial charge < -0.3 is 0 Å². The van der Waals surface area contributed by atoms with Gasteiger partial charge in [-0.1, -0.05) is 0 Å². The van der Waals surface area contributed by atoms with E-state index in [1.807, 2.05) is 0 Å². The molecule has 6 heteroatoms. The van der Waals surface area contributed by atoms with Crippen LogP contribution in [0, 0.1) is 5.92 Å². The van der Waals surface area contributed by atoms with Gasteiger partial charge in [-0.05, 0) is 31.6 Å². The molecule has 94 valence electrons. The maximum Gasteiger partial charge on any atom is 0.281 e. The first-order valence-electron chi connectivity index (χ1n) is 5.84. The molecule has 2 rings (SSSR count). The monoisotopic (exact) mass is 266 g/mol. The van der Waals surface area contributed by atoms with Gasteiger partial charge in [0.25, 0.3) is 10.2 Å². The van der Waals surface area contributed by atoms with Crippen LogP contribution in [0.25, 0.3) is 0 Å². The molecule has 4 nitrogen and oxygen atoms in total. The van der Waals surface area contributed by atoms with E-state index in [1.165, 1.54) is 4.31 Å². The second-order valence-electron chi connectivity index (χ2n) is 4.78. The molecule has 1 heterocycles. The fourth-order valence-corrected chi connectivity index (χ4v) is 4.13. The lowest BCUT2D eigenvalue weighted by molar-refractivity contribution is 0.264. The fourth-order valence-electron chi connectivity index (χ4n) is 2.17. The Morgan fingerprint density at radius 1 is 1.38 bits per heavy atom. The fraction of sp³-hybridized carbons (Fsp3) is 1.00. The summed E-state index contributed by atoms with van der Waals surface area (Å²) in [5, 5.41) is 0. The van der Waals surface area contributed by atoms with Crippen molar-refractivity contribution in [3.8, 4) is 0 Å². The van der Waals surface area contributed by atoms with E-state index in [2.05, 4.69) is 0 Å². The van der Waals surface area contributed by atoms with E-state index in [9.17, 15) is 8.42 Å². The van der Waals surface area contributed by atoms with Crippen molar-refractivity contribution >= 4 is 21.8 Å². The molecule has 0 amide bonds. The van der Waals surface area contributed by atoms with Crippen LogP contribution in [0.2, 0.25) is 0 Å². The van der Waals surface area contributed by atoms with Crippen LogP contribution in [-0.2, 0) is 10.2 Å². The first-order chi connectivity index (χ1) is 7.55. The van der Waals surface area contributed by atoms with Crippen molar-refractivity contribution in [2.24, 2.45) is 5.92 Å². The maximum absolute atomic E-state index is 12.2. The van der Waals surface area contributed by atoms with Crippen LogP contribution in [0.15, 0.2) is 0 Å². The summed E-state index contributed by atoms with van der Waals surface area (Å²) in [6, 6.07) is 0.237. The molecule has 1 saturated heterocycles. The first kappa shape index (κ1) is 12.6. The topological polar surface area (TPSA) is 40.6 Å². The molecule has 0 aromatic heterocycles. The van der Waals surface area contributed by atoms with Gasteiger partial charge in [-0.15, -0.1) is 11.6 Å². The number of piperidine rings is 1. The van der Waals surface area contributed by atoms with Crippen molar-refractivity contribution < 1.29 is 8.42 Å². The number of halogens is 1. The summed E-state index contributed by atoms with van der Waals surface area (Å²) in [6.07, 6.45) is 3.97. The molecule has 0 bridgehead atoms. The summed E-state index contributed by atoms with van der Waals surface area (Å²) in [5.74, 6) is 0.872. The Kier molecular flexibility index (Phi) is 3.79. The number of hydrogen-bond acceptors (Lipinski definition) is 2. The Hall–Kier alpha value is 0.160. The molecule has 16 heavy (non-hydrogen) atoms.